The number of hydrogen-bond donors (Lipinski definition) is 1. The lowest BCUT2D eigenvalue weighted by atomic mass is 10.2. The smallest absolute Gasteiger partial charge is 0.325 e. The normalized spacial score (nSPS) is 9.41. The van der Waals surface area contributed by atoms with Crippen LogP contribution in [0.2, 0.25) is 0 Å². The molecular formula is C13H16N2O2. The van der Waals surface area contributed by atoms with Crippen molar-refractivity contribution in [1.29, 1.82) is 5.26 Å². The highest BCUT2D eigenvalue weighted by atomic mass is 16.5. The van der Waals surface area contributed by atoms with E-state index in [2.05, 4.69) is 11.4 Å². The molecule has 0 saturated carbocycles. The summed E-state index contributed by atoms with van der Waals surface area (Å²) in [7, 11) is 0. The lowest BCUT2D eigenvalue weighted by molar-refractivity contribution is -0.141. The van der Waals surface area contributed by atoms with Crippen molar-refractivity contribution in [3.05, 3.63) is 29.8 Å². The number of unbranched alkanes of at least 4 members (excludes halogenated alkanes) is 1. The number of carbonyl (C=O) groups is 1. The van der Waals surface area contributed by atoms with Gasteiger partial charge in [0, 0.05) is 0 Å². The van der Waals surface area contributed by atoms with Gasteiger partial charge in [-0.3, -0.25) is 4.79 Å². The third-order valence-corrected chi connectivity index (χ3v) is 2.23. The zero-order chi connectivity index (χ0) is 12.5. The van der Waals surface area contributed by atoms with Crippen molar-refractivity contribution in [2.75, 3.05) is 18.5 Å². The van der Waals surface area contributed by atoms with Gasteiger partial charge in [-0.2, -0.15) is 5.26 Å². The molecule has 1 aromatic rings. The number of carbonyl (C=O) groups excluding carboxylic acids is 1. The van der Waals surface area contributed by atoms with Crippen LogP contribution >= 0.6 is 0 Å². The molecule has 0 saturated heterocycles. The van der Waals surface area contributed by atoms with E-state index < -0.39 is 0 Å². The van der Waals surface area contributed by atoms with Gasteiger partial charge in [-0.25, -0.2) is 0 Å². The van der Waals surface area contributed by atoms with Gasteiger partial charge in [0.1, 0.15) is 12.6 Å². The predicted molar refractivity (Wildman–Crippen MR) is 65.5 cm³/mol. The first-order chi connectivity index (χ1) is 8.27. The molecule has 0 aromatic heterocycles. The van der Waals surface area contributed by atoms with E-state index in [4.69, 9.17) is 10.00 Å². The van der Waals surface area contributed by atoms with E-state index >= 15 is 0 Å². The van der Waals surface area contributed by atoms with Gasteiger partial charge in [0.05, 0.1) is 17.9 Å². The van der Waals surface area contributed by atoms with Crippen molar-refractivity contribution in [2.24, 2.45) is 0 Å². The molecule has 0 aliphatic carbocycles. The molecule has 0 fully saturated rings. The fourth-order valence-corrected chi connectivity index (χ4v) is 1.28. The van der Waals surface area contributed by atoms with Gasteiger partial charge in [-0.1, -0.05) is 25.5 Å². The Morgan fingerprint density at radius 2 is 2.24 bits per heavy atom. The van der Waals surface area contributed by atoms with E-state index in [-0.39, 0.29) is 12.5 Å². The van der Waals surface area contributed by atoms with Crippen LogP contribution in [0.1, 0.15) is 25.3 Å². The average Bonchev–Trinajstić information content (AvgIpc) is 2.37. The van der Waals surface area contributed by atoms with E-state index in [0.717, 1.165) is 12.8 Å². The summed E-state index contributed by atoms with van der Waals surface area (Å²) in [6.45, 7) is 2.58. The lowest BCUT2D eigenvalue weighted by Crippen LogP contribution is -2.17. The second-order valence-corrected chi connectivity index (χ2v) is 3.58. The van der Waals surface area contributed by atoms with Gasteiger partial charge in [0.15, 0.2) is 0 Å². The number of hydrogen-bond acceptors (Lipinski definition) is 4. The molecule has 4 heteroatoms. The Bertz CT molecular complexity index is 410. The van der Waals surface area contributed by atoms with Gasteiger partial charge in [-0.15, -0.1) is 0 Å². The Labute approximate surface area is 101 Å². The molecule has 1 N–H and O–H groups in total. The highest BCUT2D eigenvalue weighted by Gasteiger charge is 2.04. The molecule has 1 rings (SSSR count). The maximum Gasteiger partial charge on any atom is 0.325 e. The Morgan fingerprint density at radius 1 is 1.47 bits per heavy atom. The summed E-state index contributed by atoms with van der Waals surface area (Å²) < 4.78 is 4.99. The van der Waals surface area contributed by atoms with E-state index in [1.165, 1.54) is 0 Å². The fraction of sp³-hybridized carbons (Fsp3) is 0.385. The first kappa shape index (κ1) is 13.0. The SMILES string of the molecule is CCCCOC(=O)CNc1ccccc1C#N. The zero-order valence-electron chi connectivity index (χ0n) is 9.90. The number of esters is 1. The molecule has 4 nitrogen and oxygen atoms in total. The molecule has 1 aromatic carbocycles. The minimum atomic E-state index is -0.300. The standard InChI is InChI=1S/C13H16N2O2/c1-2-3-8-17-13(16)10-15-12-7-5-4-6-11(12)9-14/h4-7,15H,2-3,8,10H2,1H3. The third-order valence-electron chi connectivity index (χ3n) is 2.23. The number of ether oxygens (including phenoxy) is 1. The van der Waals surface area contributed by atoms with Crippen molar-refractivity contribution in [3.63, 3.8) is 0 Å². The van der Waals surface area contributed by atoms with Crippen molar-refractivity contribution < 1.29 is 9.53 Å². The number of nitrogens with zero attached hydrogens (tertiary/aromatic N) is 1. The van der Waals surface area contributed by atoms with Crippen LogP contribution in [-0.4, -0.2) is 19.1 Å². The van der Waals surface area contributed by atoms with Gasteiger partial charge < -0.3 is 10.1 Å². The van der Waals surface area contributed by atoms with Crippen LogP contribution in [0.25, 0.3) is 0 Å². The summed E-state index contributed by atoms with van der Waals surface area (Å²) in [5.41, 5.74) is 1.18. The van der Waals surface area contributed by atoms with E-state index in [1.54, 1.807) is 18.2 Å². The molecule has 0 spiro atoms. The molecule has 0 heterocycles. The maximum atomic E-state index is 11.3. The van der Waals surface area contributed by atoms with Crippen LogP contribution in [0.4, 0.5) is 5.69 Å². The number of nitriles is 1. The highest BCUT2D eigenvalue weighted by Crippen LogP contribution is 2.12. The Morgan fingerprint density at radius 3 is 2.94 bits per heavy atom. The van der Waals surface area contributed by atoms with Crippen LogP contribution in [-0.2, 0) is 9.53 Å². The van der Waals surface area contributed by atoms with Gasteiger partial charge in [0.2, 0.25) is 0 Å². The van der Waals surface area contributed by atoms with Crippen LogP contribution < -0.4 is 5.32 Å². The minimum Gasteiger partial charge on any atom is -0.464 e. The molecule has 0 aliphatic heterocycles. The predicted octanol–water partition coefficient (Wildman–Crippen LogP) is 2.31. The molecule has 0 atom stereocenters. The summed E-state index contributed by atoms with van der Waals surface area (Å²) in [5, 5.41) is 11.7. The summed E-state index contributed by atoms with van der Waals surface area (Å²) in [5.74, 6) is -0.300. The van der Waals surface area contributed by atoms with E-state index in [9.17, 15) is 4.79 Å². The minimum absolute atomic E-state index is 0.0857. The number of para-hydroxylation sites is 1. The topological polar surface area (TPSA) is 62.1 Å². The number of rotatable bonds is 6. The van der Waals surface area contributed by atoms with Crippen LogP contribution in [0, 0.1) is 11.3 Å². The molecule has 0 unspecified atom stereocenters. The van der Waals surface area contributed by atoms with Crippen LogP contribution in [0.5, 0.6) is 0 Å². The first-order valence-electron chi connectivity index (χ1n) is 5.66. The average molecular weight is 232 g/mol. The van der Waals surface area contributed by atoms with E-state index in [1.807, 2.05) is 13.0 Å². The fourth-order valence-electron chi connectivity index (χ4n) is 1.28. The maximum absolute atomic E-state index is 11.3. The number of nitrogens with one attached hydrogen (secondary N) is 1. The molecule has 0 amide bonds. The molecule has 0 aliphatic rings. The third kappa shape index (κ3) is 4.56. The molecular weight excluding hydrogens is 216 g/mol. The summed E-state index contributed by atoms with van der Waals surface area (Å²) >= 11 is 0. The van der Waals surface area contributed by atoms with E-state index in [0.29, 0.717) is 17.9 Å². The van der Waals surface area contributed by atoms with Crippen molar-refractivity contribution in [2.45, 2.75) is 19.8 Å². The largest absolute Gasteiger partial charge is 0.464 e. The summed E-state index contributed by atoms with van der Waals surface area (Å²) in [6.07, 6.45) is 1.87. The second-order valence-electron chi connectivity index (χ2n) is 3.58. The first-order valence-corrected chi connectivity index (χ1v) is 5.66. The lowest BCUT2D eigenvalue weighted by Gasteiger charge is -2.07. The summed E-state index contributed by atoms with van der Waals surface area (Å²) in [4.78, 5) is 11.3. The van der Waals surface area contributed by atoms with Crippen molar-refractivity contribution >= 4 is 11.7 Å². The Hall–Kier alpha value is -2.02. The quantitative estimate of drug-likeness (QED) is 0.604. The van der Waals surface area contributed by atoms with Crippen LogP contribution in [0.15, 0.2) is 24.3 Å². The zero-order valence-corrected chi connectivity index (χ0v) is 9.90. The molecule has 90 valence electrons. The Balaban J connectivity index is 2.40. The number of anilines is 1. The number of benzene rings is 1. The molecule has 17 heavy (non-hydrogen) atoms. The van der Waals surface area contributed by atoms with Gasteiger partial charge in [-0.05, 0) is 18.6 Å². The van der Waals surface area contributed by atoms with Gasteiger partial charge >= 0.3 is 5.97 Å². The summed E-state index contributed by atoms with van der Waals surface area (Å²) in [6, 6.07) is 9.11. The second kappa shape index (κ2) is 7.29. The molecule has 0 radical (unpaired) electrons. The Kier molecular flexibility index (Phi) is 5.59. The van der Waals surface area contributed by atoms with Crippen LogP contribution in [0.3, 0.4) is 0 Å². The van der Waals surface area contributed by atoms with Crippen molar-refractivity contribution in [1.82, 2.24) is 0 Å². The van der Waals surface area contributed by atoms with Crippen molar-refractivity contribution in [3.8, 4) is 6.07 Å². The van der Waals surface area contributed by atoms with Gasteiger partial charge in [0.25, 0.3) is 0 Å². The molecule has 0 bridgehead atoms. The monoisotopic (exact) mass is 232 g/mol. The highest BCUT2D eigenvalue weighted by molar-refractivity contribution is 5.75.